The Balaban J connectivity index is 2.55. The highest BCUT2D eigenvalue weighted by Gasteiger charge is 2.29. The first kappa shape index (κ1) is 9.64. The Hall–Kier alpha value is -2.23. The summed E-state index contributed by atoms with van der Waals surface area (Å²) in [5.41, 5.74) is -0.408. The van der Waals surface area contributed by atoms with E-state index in [9.17, 15) is 14.4 Å². The maximum Gasteiger partial charge on any atom is 0.306 e. The molecular weight excluding hydrogens is 256 g/mol. The first-order valence-electron chi connectivity index (χ1n) is 8.21. The second-order valence-electron chi connectivity index (χ2n) is 4.79. The lowest BCUT2D eigenvalue weighted by Crippen LogP contribution is -2.21. The van der Waals surface area contributed by atoms with Crippen molar-refractivity contribution in [3.63, 3.8) is 0 Å². The van der Waals surface area contributed by atoms with Gasteiger partial charge in [0.25, 0.3) is 0 Å². The molecule has 1 aromatic rings. The van der Waals surface area contributed by atoms with Crippen LogP contribution in [-0.4, -0.2) is 22.6 Å². The molecule has 0 bridgehead atoms. The van der Waals surface area contributed by atoms with Gasteiger partial charge in [0, 0.05) is 22.3 Å². The molecule has 0 aromatic heterocycles. The molecule has 0 heterocycles. The molecule has 0 saturated heterocycles. The molecule has 1 aliphatic rings. The minimum atomic E-state index is -1.01. The van der Waals surface area contributed by atoms with Gasteiger partial charge in [-0.25, -0.2) is 0 Å². The Bertz CT molecular complexity index is 811. The van der Waals surface area contributed by atoms with Crippen molar-refractivity contribution < 1.29 is 25.0 Å². The third kappa shape index (κ3) is 2.41. The van der Waals surface area contributed by atoms with Crippen molar-refractivity contribution in [3.8, 4) is 0 Å². The lowest BCUT2D eigenvalue weighted by molar-refractivity contribution is -0.141. The van der Waals surface area contributed by atoms with E-state index < -0.39 is 47.6 Å². The fraction of sp³-hybridized carbons (Fsp3) is 0.312. The number of carboxylic acid groups (broad SMARTS) is 1. The molecule has 0 spiro atoms. The second kappa shape index (κ2) is 5.41. The molecule has 1 unspecified atom stereocenters. The zero-order valence-corrected chi connectivity index (χ0v) is 11.2. The zero-order chi connectivity index (χ0) is 18.3. The van der Waals surface area contributed by atoms with Gasteiger partial charge in [-0.15, -0.1) is 0 Å². The SMILES string of the molecule is [2H]c1c([2H])c([2H])c2c(c1[2H])C(=O)C(C)=C(CCC(C)C(=O)O)C2=O. The van der Waals surface area contributed by atoms with Crippen molar-refractivity contribution in [3.05, 3.63) is 46.4 Å². The Morgan fingerprint density at radius 2 is 1.80 bits per heavy atom. The van der Waals surface area contributed by atoms with Gasteiger partial charge in [-0.3, -0.25) is 14.4 Å². The lowest BCUT2D eigenvalue weighted by Gasteiger charge is -2.19. The molecule has 1 N–H and O–H groups in total. The number of rotatable bonds is 4. The summed E-state index contributed by atoms with van der Waals surface area (Å²) in [4.78, 5) is 36.1. The number of benzene rings is 1. The van der Waals surface area contributed by atoms with E-state index in [1.807, 2.05) is 0 Å². The van der Waals surface area contributed by atoms with Gasteiger partial charge in [-0.2, -0.15) is 0 Å². The van der Waals surface area contributed by atoms with Crippen LogP contribution in [0.15, 0.2) is 35.3 Å². The number of hydrogen-bond donors (Lipinski definition) is 1. The van der Waals surface area contributed by atoms with Gasteiger partial charge in [0.15, 0.2) is 11.6 Å². The topological polar surface area (TPSA) is 71.4 Å². The number of aliphatic carboxylic acids is 1. The van der Waals surface area contributed by atoms with E-state index in [1.54, 1.807) is 0 Å². The predicted octanol–water partition coefficient (Wildman–Crippen LogP) is 2.88. The first-order chi connectivity index (χ1) is 11.1. The zero-order valence-electron chi connectivity index (χ0n) is 15.2. The van der Waals surface area contributed by atoms with Gasteiger partial charge in [-0.1, -0.05) is 31.1 Å². The van der Waals surface area contributed by atoms with E-state index in [1.165, 1.54) is 13.8 Å². The molecule has 4 heteroatoms. The summed E-state index contributed by atoms with van der Waals surface area (Å²) in [6.45, 7) is 2.92. The predicted molar refractivity (Wildman–Crippen MR) is 73.8 cm³/mol. The van der Waals surface area contributed by atoms with Crippen LogP contribution >= 0.6 is 0 Å². The van der Waals surface area contributed by atoms with Gasteiger partial charge in [0.05, 0.1) is 11.4 Å². The van der Waals surface area contributed by atoms with E-state index in [4.69, 9.17) is 10.6 Å². The van der Waals surface area contributed by atoms with Gasteiger partial charge < -0.3 is 5.11 Å². The average Bonchev–Trinajstić information content (AvgIpc) is 2.53. The average molecular weight is 276 g/mol. The molecule has 0 aliphatic heterocycles. The highest BCUT2D eigenvalue weighted by atomic mass is 16.4. The first-order valence-corrected chi connectivity index (χ1v) is 6.21. The largest absolute Gasteiger partial charge is 0.481 e. The van der Waals surface area contributed by atoms with Crippen LogP contribution in [0.3, 0.4) is 0 Å². The van der Waals surface area contributed by atoms with Gasteiger partial charge >= 0.3 is 5.97 Å². The molecule has 2 rings (SSSR count). The molecule has 0 fully saturated rings. The number of carbonyl (C=O) groups excluding carboxylic acids is 2. The normalized spacial score (nSPS) is 18.9. The molecular formula is C16H16O4. The number of carboxylic acids is 1. The Morgan fingerprint density at radius 3 is 2.35 bits per heavy atom. The molecule has 0 saturated carbocycles. The van der Waals surface area contributed by atoms with Crippen LogP contribution in [0.4, 0.5) is 0 Å². The summed E-state index contributed by atoms with van der Waals surface area (Å²) in [5, 5.41) is 8.93. The minimum absolute atomic E-state index is 0.0616. The van der Waals surface area contributed by atoms with Crippen LogP contribution in [-0.2, 0) is 4.79 Å². The third-order valence-corrected chi connectivity index (χ3v) is 3.46. The number of fused-ring (bicyclic) bond motifs is 1. The molecule has 104 valence electrons. The van der Waals surface area contributed by atoms with Crippen LogP contribution in [0.5, 0.6) is 0 Å². The number of carbonyl (C=O) groups is 3. The second-order valence-corrected chi connectivity index (χ2v) is 4.79. The minimum Gasteiger partial charge on any atom is -0.481 e. The third-order valence-electron chi connectivity index (χ3n) is 3.46. The van der Waals surface area contributed by atoms with E-state index in [-0.39, 0.29) is 35.1 Å². The van der Waals surface area contributed by atoms with Gasteiger partial charge in [0.1, 0.15) is 0 Å². The Kier molecular flexibility index (Phi) is 2.61. The smallest absolute Gasteiger partial charge is 0.306 e. The van der Waals surface area contributed by atoms with Crippen molar-refractivity contribution in [1.29, 1.82) is 0 Å². The van der Waals surface area contributed by atoms with Crippen molar-refractivity contribution >= 4 is 17.5 Å². The number of Topliss-reactive ketones (excluding diaryl/α,β-unsaturated/α-hetero) is 2. The number of hydrogen-bond acceptors (Lipinski definition) is 3. The van der Waals surface area contributed by atoms with E-state index in [2.05, 4.69) is 0 Å². The van der Waals surface area contributed by atoms with E-state index >= 15 is 0 Å². The molecule has 20 heavy (non-hydrogen) atoms. The highest BCUT2D eigenvalue weighted by molar-refractivity contribution is 6.26. The van der Waals surface area contributed by atoms with E-state index in [0.29, 0.717) is 0 Å². The standard InChI is InChI=1S/C16H16O4/c1-9(16(19)20)7-8-11-10(2)14(17)12-5-3-4-6-13(12)15(11)18/h3-6,9H,7-8H2,1-2H3,(H,19,20)/i3D,4D,5D,6D. The van der Waals surface area contributed by atoms with Crippen LogP contribution in [0.1, 0.15) is 52.9 Å². The highest BCUT2D eigenvalue weighted by Crippen LogP contribution is 2.29. The number of ketones is 2. The Labute approximate surface area is 122 Å². The molecule has 0 amide bonds. The van der Waals surface area contributed by atoms with Gasteiger partial charge in [0.2, 0.25) is 0 Å². The summed E-state index contributed by atoms with van der Waals surface area (Å²) < 4.78 is 31.1. The van der Waals surface area contributed by atoms with Crippen LogP contribution in [0, 0.1) is 5.92 Å². The molecule has 4 nitrogen and oxygen atoms in total. The van der Waals surface area contributed by atoms with Crippen LogP contribution in [0.25, 0.3) is 0 Å². The van der Waals surface area contributed by atoms with Crippen LogP contribution in [0.2, 0.25) is 0 Å². The summed E-state index contributed by atoms with van der Waals surface area (Å²) in [6.07, 6.45) is 0.216. The van der Waals surface area contributed by atoms with Crippen LogP contribution < -0.4 is 0 Å². The fourth-order valence-corrected chi connectivity index (χ4v) is 2.08. The fourth-order valence-electron chi connectivity index (χ4n) is 2.08. The van der Waals surface area contributed by atoms with Crippen molar-refractivity contribution in [2.75, 3.05) is 0 Å². The summed E-state index contributed by atoms with van der Waals surface area (Å²) in [6, 6.07) is -2.20. The summed E-state index contributed by atoms with van der Waals surface area (Å²) in [7, 11) is 0. The lowest BCUT2D eigenvalue weighted by atomic mass is 9.82. The maximum absolute atomic E-state index is 12.7. The molecule has 1 aliphatic carbocycles. The van der Waals surface area contributed by atoms with Crippen molar-refractivity contribution in [2.45, 2.75) is 26.7 Å². The monoisotopic (exact) mass is 276 g/mol. The maximum atomic E-state index is 12.7. The summed E-state index contributed by atoms with van der Waals surface area (Å²) >= 11 is 0. The van der Waals surface area contributed by atoms with Crippen molar-refractivity contribution in [1.82, 2.24) is 0 Å². The Morgan fingerprint density at radius 1 is 1.25 bits per heavy atom. The summed E-state index contributed by atoms with van der Waals surface area (Å²) in [5.74, 6) is -2.95. The molecule has 0 radical (unpaired) electrons. The molecule has 1 atom stereocenters. The quantitative estimate of drug-likeness (QED) is 0.917. The number of allylic oxidation sites excluding steroid dienone is 2. The molecule has 1 aromatic carbocycles. The van der Waals surface area contributed by atoms with Gasteiger partial charge in [-0.05, 0) is 19.8 Å². The van der Waals surface area contributed by atoms with Crippen molar-refractivity contribution in [2.24, 2.45) is 5.92 Å². The van der Waals surface area contributed by atoms with E-state index in [0.717, 1.165) is 0 Å².